The monoisotopic (exact) mass is 360 g/mol. The summed E-state index contributed by atoms with van der Waals surface area (Å²) in [5.41, 5.74) is 1.20. The molecular weight excluding hydrogens is 332 g/mol. The van der Waals surface area contributed by atoms with Crippen molar-refractivity contribution in [2.24, 2.45) is 11.8 Å². The molecule has 2 atom stereocenters. The van der Waals surface area contributed by atoms with Gasteiger partial charge in [0.25, 0.3) is 5.91 Å². The lowest BCUT2D eigenvalue weighted by Crippen LogP contribution is -2.24. The number of carbonyl (C=O) groups is 3. The zero-order chi connectivity index (χ0) is 18.9. The SMILES string of the molecule is COC(=O)CCCCCCNC(=O)c1cccc(NC(=O)C2CC2C)c1. The predicted octanol–water partition coefficient (Wildman–Crippen LogP) is 3.13. The van der Waals surface area contributed by atoms with Crippen LogP contribution in [0.15, 0.2) is 24.3 Å². The van der Waals surface area contributed by atoms with Crippen molar-refractivity contribution in [1.29, 1.82) is 0 Å². The Labute approximate surface area is 154 Å². The predicted molar refractivity (Wildman–Crippen MR) is 99.8 cm³/mol. The fourth-order valence-electron chi connectivity index (χ4n) is 2.81. The summed E-state index contributed by atoms with van der Waals surface area (Å²) in [7, 11) is 1.39. The van der Waals surface area contributed by atoms with E-state index < -0.39 is 0 Å². The Bertz CT molecular complexity index is 644. The smallest absolute Gasteiger partial charge is 0.305 e. The Hall–Kier alpha value is -2.37. The highest BCUT2D eigenvalue weighted by Crippen LogP contribution is 2.38. The number of esters is 1. The molecule has 1 saturated carbocycles. The van der Waals surface area contributed by atoms with Gasteiger partial charge in [0.2, 0.25) is 5.91 Å². The van der Waals surface area contributed by atoms with Crippen molar-refractivity contribution in [1.82, 2.24) is 5.32 Å². The highest BCUT2D eigenvalue weighted by atomic mass is 16.5. The van der Waals surface area contributed by atoms with Crippen LogP contribution in [-0.2, 0) is 14.3 Å². The van der Waals surface area contributed by atoms with Gasteiger partial charge in [0.15, 0.2) is 0 Å². The van der Waals surface area contributed by atoms with Crippen LogP contribution in [0.5, 0.6) is 0 Å². The molecule has 6 nitrogen and oxygen atoms in total. The van der Waals surface area contributed by atoms with Crippen LogP contribution in [0.1, 0.15) is 55.8 Å². The molecule has 1 aromatic carbocycles. The zero-order valence-electron chi connectivity index (χ0n) is 15.5. The maximum Gasteiger partial charge on any atom is 0.305 e. The lowest BCUT2D eigenvalue weighted by Gasteiger charge is -2.08. The minimum absolute atomic E-state index is 0.0296. The fraction of sp³-hybridized carbons (Fsp3) is 0.550. The first kappa shape index (κ1) is 19.9. The molecule has 6 heteroatoms. The van der Waals surface area contributed by atoms with E-state index in [-0.39, 0.29) is 23.7 Å². The average molecular weight is 360 g/mol. The van der Waals surface area contributed by atoms with Gasteiger partial charge in [-0.25, -0.2) is 0 Å². The lowest BCUT2D eigenvalue weighted by molar-refractivity contribution is -0.140. The van der Waals surface area contributed by atoms with Gasteiger partial charge < -0.3 is 15.4 Å². The van der Waals surface area contributed by atoms with Crippen LogP contribution in [-0.4, -0.2) is 31.4 Å². The highest BCUT2D eigenvalue weighted by molar-refractivity contribution is 5.98. The molecule has 0 bridgehead atoms. The normalized spacial score (nSPS) is 18.1. The van der Waals surface area contributed by atoms with Gasteiger partial charge >= 0.3 is 5.97 Å². The third kappa shape index (κ3) is 6.50. The molecular formula is C20H28N2O4. The largest absolute Gasteiger partial charge is 0.469 e. The van der Waals surface area contributed by atoms with Gasteiger partial charge in [-0.05, 0) is 43.4 Å². The Balaban J connectivity index is 1.66. The van der Waals surface area contributed by atoms with Crippen molar-refractivity contribution in [2.45, 2.75) is 45.4 Å². The molecule has 142 valence electrons. The number of nitrogens with one attached hydrogen (secondary N) is 2. The van der Waals surface area contributed by atoms with E-state index in [2.05, 4.69) is 22.3 Å². The number of amides is 2. The zero-order valence-corrected chi connectivity index (χ0v) is 15.5. The van der Waals surface area contributed by atoms with Crippen molar-refractivity contribution >= 4 is 23.5 Å². The molecule has 1 aliphatic rings. The van der Waals surface area contributed by atoms with E-state index in [9.17, 15) is 14.4 Å². The summed E-state index contributed by atoms with van der Waals surface area (Å²) < 4.78 is 4.59. The first-order valence-corrected chi connectivity index (χ1v) is 9.27. The van der Waals surface area contributed by atoms with Crippen molar-refractivity contribution in [3.63, 3.8) is 0 Å². The number of benzene rings is 1. The van der Waals surface area contributed by atoms with Crippen LogP contribution < -0.4 is 10.6 Å². The average Bonchev–Trinajstić information content (AvgIpc) is 3.37. The van der Waals surface area contributed by atoms with Crippen molar-refractivity contribution in [2.75, 3.05) is 19.0 Å². The second-order valence-corrected chi connectivity index (χ2v) is 6.89. The third-order valence-electron chi connectivity index (χ3n) is 4.66. The molecule has 2 N–H and O–H groups in total. The van der Waals surface area contributed by atoms with Crippen LogP contribution in [0.4, 0.5) is 5.69 Å². The summed E-state index contributed by atoms with van der Waals surface area (Å²) >= 11 is 0. The number of anilines is 1. The summed E-state index contributed by atoms with van der Waals surface area (Å²) in [5.74, 6) is 0.264. The van der Waals surface area contributed by atoms with E-state index in [1.54, 1.807) is 24.3 Å². The van der Waals surface area contributed by atoms with Crippen LogP contribution >= 0.6 is 0 Å². The Morgan fingerprint density at radius 1 is 1.15 bits per heavy atom. The van der Waals surface area contributed by atoms with Gasteiger partial charge in [-0.15, -0.1) is 0 Å². The maximum absolute atomic E-state index is 12.2. The molecule has 26 heavy (non-hydrogen) atoms. The lowest BCUT2D eigenvalue weighted by atomic mass is 10.1. The molecule has 0 radical (unpaired) electrons. The molecule has 1 fully saturated rings. The quantitative estimate of drug-likeness (QED) is 0.496. The molecule has 1 aliphatic carbocycles. The summed E-state index contributed by atoms with van der Waals surface area (Å²) in [6.45, 7) is 2.65. The van der Waals surface area contributed by atoms with Crippen molar-refractivity contribution in [3.05, 3.63) is 29.8 Å². The van der Waals surface area contributed by atoms with Crippen LogP contribution in [0.25, 0.3) is 0 Å². The number of carbonyl (C=O) groups excluding carboxylic acids is 3. The van der Waals surface area contributed by atoms with Crippen LogP contribution in [0.3, 0.4) is 0 Å². The number of methoxy groups -OCH3 is 1. The van der Waals surface area contributed by atoms with Gasteiger partial charge in [0.1, 0.15) is 0 Å². The molecule has 0 aliphatic heterocycles. The second-order valence-electron chi connectivity index (χ2n) is 6.89. The summed E-state index contributed by atoms with van der Waals surface area (Å²) in [6.07, 6.45) is 4.94. The van der Waals surface area contributed by atoms with E-state index in [1.165, 1.54) is 7.11 Å². The molecule has 0 spiro atoms. The molecule has 2 unspecified atom stereocenters. The van der Waals surface area contributed by atoms with E-state index in [0.29, 0.717) is 30.1 Å². The number of unbranched alkanes of at least 4 members (excludes halogenated alkanes) is 3. The molecule has 0 saturated heterocycles. The van der Waals surface area contributed by atoms with Gasteiger partial charge in [0.05, 0.1) is 7.11 Å². The molecule has 0 heterocycles. The van der Waals surface area contributed by atoms with Gasteiger partial charge in [-0.2, -0.15) is 0 Å². The number of ether oxygens (including phenoxy) is 1. The van der Waals surface area contributed by atoms with E-state index in [1.807, 2.05) is 0 Å². The fourth-order valence-corrected chi connectivity index (χ4v) is 2.81. The minimum atomic E-state index is -0.179. The minimum Gasteiger partial charge on any atom is -0.469 e. The van der Waals surface area contributed by atoms with Gasteiger partial charge in [-0.3, -0.25) is 14.4 Å². The van der Waals surface area contributed by atoms with E-state index >= 15 is 0 Å². The summed E-state index contributed by atoms with van der Waals surface area (Å²) in [6, 6.07) is 7.01. The number of hydrogen-bond donors (Lipinski definition) is 2. The highest BCUT2D eigenvalue weighted by Gasteiger charge is 2.39. The standard InChI is InChI=1S/C20H28N2O4/c1-14-12-17(14)20(25)22-16-9-7-8-15(13-16)19(24)21-11-6-4-3-5-10-18(23)26-2/h7-9,13-14,17H,3-6,10-12H2,1-2H3,(H,21,24)(H,22,25). The Morgan fingerprint density at radius 3 is 2.58 bits per heavy atom. The third-order valence-corrected chi connectivity index (χ3v) is 4.66. The number of hydrogen-bond acceptors (Lipinski definition) is 4. The Kier molecular flexibility index (Phi) is 7.63. The Morgan fingerprint density at radius 2 is 1.88 bits per heavy atom. The van der Waals surface area contributed by atoms with Gasteiger partial charge in [0, 0.05) is 30.1 Å². The maximum atomic E-state index is 12.2. The molecule has 1 aromatic rings. The van der Waals surface area contributed by atoms with E-state index in [4.69, 9.17) is 0 Å². The molecule has 2 amide bonds. The van der Waals surface area contributed by atoms with Crippen molar-refractivity contribution in [3.8, 4) is 0 Å². The van der Waals surface area contributed by atoms with Crippen LogP contribution in [0.2, 0.25) is 0 Å². The topological polar surface area (TPSA) is 84.5 Å². The second kappa shape index (κ2) is 9.94. The van der Waals surface area contributed by atoms with Crippen molar-refractivity contribution < 1.29 is 19.1 Å². The van der Waals surface area contributed by atoms with Gasteiger partial charge in [-0.1, -0.05) is 25.8 Å². The molecule has 2 rings (SSSR count). The molecule has 0 aromatic heterocycles. The van der Waals surface area contributed by atoms with E-state index in [0.717, 1.165) is 32.1 Å². The summed E-state index contributed by atoms with van der Waals surface area (Å²) in [4.78, 5) is 35.2. The number of rotatable bonds is 10. The summed E-state index contributed by atoms with van der Waals surface area (Å²) in [5, 5.41) is 5.77. The van der Waals surface area contributed by atoms with Crippen LogP contribution in [0, 0.1) is 11.8 Å². The first-order chi connectivity index (χ1) is 12.5. The first-order valence-electron chi connectivity index (χ1n) is 9.27.